The summed E-state index contributed by atoms with van der Waals surface area (Å²) < 4.78 is 0. The van der Waals surface area contributed by atoms with Crippen molar-refractivity contribution in [3.63, 3.8) is 0 Å². The lowest BCUT2D eigenvalue weighted by molar-refractivity contribution is 0.522. The maximum atomic E-state index is 2.50. The lowest BCUT2D eigenvalue weighted by Crippen LogP contribution is -2.22. The van der Waals surface area contributed by atoms with Crippen molar-refractivity contribution in [1.29, 1.82) is 0 Å². The average molecular weight is 756 g/mol. The third kappa shape index (κ3) is 5.76. The monoisotopic (exact) mass is 755 g/mol. The van der Waals surface area contributed by atoms with Crippen LogP contribution < -0.4 is 4.90 Å². The zero-order valence-corrected chi connectivity index (χ0v) is 34.2. The van der Waals surface area contributed by atoms with Gasteiger partial charge in [-0.2, -0.15) is 10.0 Å². The molecule has 2 aliphatic rings. The summed E-state index contributed by atoms with van der Waals surface area (Å²) in [6.07, 6.45) is 6.94. The van der Waals surface area contributed by atoms with Gasteiger partial charge in [0.2, 0.25) is 0 Å². The molecule has 0 fully saturated rings. The van der Waals surface area contributed by atoms with Crippen molar-refractivity contribution >= 4 is 60.8 Å². The molecule has 0 unspecified atom stereocenters. The third-order valence-corrected chi connectivity index (χ3v) is 17.3. The van der Waals surface area contributed by atoms with Gasteiger partial charge in [0.1, 0.15) is 0 Å². The van der Waals surface area contributed by atoms with E-state index in [1.165, 1.54) is 106 Å². The van der Waals surface area contributed by atoms with E-state index in [1.807, 2.05) is 0 Å². The van der Waals surface area contributed by atoms with E-state index in [0.29, 0.717) is 0 Å². The van der Waals surface area contributed by atoms with E-state index in [4.69, 9.17) is 0 Å². The molecule has 0 N–H and O–H groups in total. The van der Waals surface area contributed by atoms with Crippen LogP contribution in [0.1, 0.15) is 56.4 Å². The van der Waals surface area contributed by atoms with Gasteiger partial charge in [-0.05, 0) is 132 Å². The van der Waals surface area contributed by atoms with Crippen LogP contribution in [0.15, 0.2) is 174 Å². The van der Waals surface area contributed by atoms with Gasteiger partial charge in [0.15, 0.2) is 0 Å². The number of nitrogens with zero attached hydrogens (tertiary/aromatic N) is 1. The first-order chi connectivity index (χ1) is 27.9. The summed E-state index contributed by atoms with van der Waals surface area (Å²) >= 11 is 0. The molecule has 0 saturated heterocycles. The Bertz CT molecular complexity index is 2730. The van der Waals surface area contributed by atoms with Gasteiger partial charge >= 0.3 is 0 Å². The van der Waals surface area contributed by atoms with Gasteiger partial charge in [-0.3, -0.25) is 0 Å². The number of rotatable bonds is 7. The van der Waals surface area contributed by atoms with E-state index < -0.39 is 10.0 Å². The SMILES string of the molecule is CCS1(CC)c2ccccc2N(c2ccc(-c3c4ccccc4c(-c4ccc(/C=C/c5ccc6c(c5)C(C)(C)CC6)cc4)c4ccccc34)cc2)c2ccccc21. The lowest BCUT2D eigenvalue weighted by Gasteiger charge is -2.48. The Hall–Kier alpha value is -5.83. The van der Waals surface area contributed by atoms with E-state index in [2.05, 4.69) is 209 Å². The third-order valence-electron chi connectivity index (χ3n) is 12.9. The summed E-state index contributed by atoms with van der Waals surface area (Å²) in [7, 11) is -1.13. The number of hydrogen-bond donors (Lipinski definition) is 0. The van der Waals surface area contributed by atoms with E-state index in [0.717, 1.165) is 11.5 Å². The second-order valence-electron chi connectivity index (χ2n) is 16.4. The fourth-order valence-corrected chi connectivity index (χ4v) is 13.6. The van der Waals surface area contributed by atoms with Gasteiger partial charge in [0.05, 0.1) is 11.4 Å². The molecule has 1 nitrogen and oxygen atoms in total. The predicted molar refractivity (Wildman–Crippen MR) is 249 cm³/mol. The van der Waals surface area contributed by atoms with Crippen LogP contribution in [0.2, 0.25) is 0 Å². The summed E-state index contributed by atoms with van der Waals surface area (Å²) in [5.74, 6) is 2.30. The van der Waals surface area contributed by atoms with Crippen molar-refractivity contribution in [1.82, 2.24) is 0 Å². The number of para-hydroxylation sites is 2. The van der Waals surface area contributed by atoms with Gasteiger partial charge in [-0.15, -0.1) is 0 Å². The Balaban J connectivity index is 1.04. The molecule has 1 aliphatic carbocycles. The summed E-state index contributed by atoms with van der Waals surface area (Å²) in [6.45, 7) is 9.50. The van der Waals surface area contributed by atoms with Crippen LogP contribution in [0.4, 0.5) is 17.1 Å². The highest BCUT2D eigenvalue weighted by molar-refractivity contribution is 8.34. The van der Waals surface area contributed by atoms with Crippen molar-refractivity contribution in [2.45, 2.75) is 55.7 Å². The Morgan fingerprint density at radius 3 is 1.51 bits per heavy atom. The first-order valence-corrected chi connectivity index (χ1v) is 22.6. The Morgan fingerprint density at radius 1 is 0.526 bits per heavy atom. The van der Waals surface area contributed by atoms with Gasteiger partial charge in [-0.25, -0.2) is 0 Å². The Labute approximate surface area is 339 Å². The first kappa shape index (κ1) is 35.6. The highest BCUT2D eigenvalue weighted by Gasteiger charge is 2.37. The van der Waals surface area contributed by atoms with E-state index >= 15 is 0 Å². The number of anilines is 3. The van der Waals surface area contributed by atoms with Crippen LogP contribution in [0.3, 0.4) is 0 Å². The molecule has 0 spiro atoms. The molecule has 0 saturated carbocycles. The quantitative estimate of drug-likeness (QED) is 0.116. The topological polar surface area (TPSA) is 3.24 Å². The lowest BCUT2D eigenvalue weighted by atomic mass is 9.85. The summed E-state index contributed by atoms with van der Waals surface area (Å²) in [6, 6.07) is 61.7. The molecule has 10 rings (SSSR count). The fourth-order valence-electron chi connectivity index (χ4n) is 9.91. The second kappa shape index (κ2) is 14.0. The fraction of sp³-hybridized carbons (Fsp3) is 0.164. The molecule has 0 aromatic heterocycles. The predicted octanol–water partition coefficient (Wildman–Crippen LogP) is 15.8. The number of benzene rings is 8. The molecule has 280 valence electrons. The van der Waals surface area contributed by atoms with Crippen LogP contribution >= 0.6 is 10.0 Å². The van der Waals surface area contributed by atoms with Crippen LogP contribution in [0.25, 0.3) is 56.0 Å². The minimum absolute atomic E-state index is 0.260. The van der Waals surface area contributed by atoms with Crippen LogP contribution in [0, 0.1) is 0 Å². The molecule has 8 aromatic rings. The maximum absolute atomic E-state index is 2.50. The zero-order valence-electron chi connectivity index (χ0n) is 33.4. The Morgan fingerprint density at radius 2 is 0.982 bits per heavy atom. The van der Waals surface area contributed by atoms with E-state index in [-0.39, 0.29) is 5.41 Å². The van der Waals surface area contributed by atoms with Gasteiger partial charge in [0.25, 0.3) is 0 Å². The number of hydrogen-bond acceptors (Lipinski definition) is 1. The summed E-state index contributed by atoms with van der Waals surface area (Å²) in [5, 5.41) is 5.10. The maximum Gasteiger partial charge on any atom is 0.0586 e. The molecule has 1 aliphatic heterocycles. The van der Waals surface area contributed by atoms with E-state index in [1.54, 1.807) is 0 Å². The largest absolute Gasteiger partial charge is 0.308 e. The van der Waals surface area contributed by atoms with Crippen LogP contribution in [-0.2, 0) is 11.8 Å². The smallest absolute Gasteiger partial charge is 0.0586 e. The molecule has 57 heavy (non-hydrogen) atoms. The summed E-state index contributed by atoms with van der Waals surface area (Å²) in [4.78, 5) is 5.49. The number of fused-ring (bicyclic) bond motifs is 5. The van der Waals surface area contributed by atoms with Crippen molar-refractivity contribution < 1.29 is 0 Å². The minimum atomic E-state index is -1.13. The minimum Gasteiger partial charge on any atom is -0.308 e. The zero-order chi connectivity index (χ0) is 38.7. The van der Waals surface area contributed by atoms with Crippen LogP contribution in [0.5, 0.6) is 0 Å². The molecular formula is C55H49NS. The molecule has 8 aromatic carbocycles. The molecule has 1 heterocycles. The van der Waals surface area contributed by atoms with Crippen molar-refractivity contribution in [2.24, 2.45) is 0 Å². The normalized spacial score (nSPS) is 15.8. The highest BCUT2D eigenvalue weighted by atomic mass is 32.3. The van der Waals surface area contributed by atoms with Gasteiger partial charge < -0.3 is 4.90 Å². The second-order valence-corrected chi connectivity index (χ2v) is 20.2. The van der Waals surface area contributed by atoms with Crippen molar-refractivity contribution in [3.05, 3.63) is 186 Å². The molecular weight excluding hydrogens is 707 g/mol. The van der Waals surface area contributed by atoms with Crippen molar-refractivity contribution in [2.75, 3.05) is 16.4 Å². The van der Waals surface area contributed by atoms with Crippen LogP contribution in [-0.4, -0.2) is 11.5 Å². The Kier molecular flexibility index (Phi) is 8.72. The molecule has 0 radical (unpaired) electrons. The molecule has 0 atom stereocenters. The van der Waals surface area contributed by atoms with Gasteiger partial charge in [0, 0.05) is 15.5 Å². The first-order valence-electron chi connectivity index (χ1n) is 20.6. The average Bonchev–Trinajstić information content (AvgIpc) is 3.57. The highest BCUT2D eigenvalue weighted by Crippen LogP contribution is 2.71. The van der Waals surface area contributed by atoms with Gasteiger partial charge in [-0.1, -0.05) is 167 Å². The summed E-state index contributed by atoms with van der Waals surface area (Å²) in [5.41, 5.74) is 14.6. The molecule has 0 bridgehead atoms. The molecule has 2 heteroatoms. The number of aryl methyl sites for hydroxylation is 1. The van der Waals surface area contributed by atoms with E-state index in [9.17, 15) is 0 Å². The standard InChI is InChI=1S/C55H49NS/c1-5-57(6-2)51-21-13-11-19-49(51)56(50-20-12-14-22-52(50)57)43-33-31-42(32-34-43)54-46-17-9-7-15-44(46)53(45-16-8-10-18-47(45)54)41-29-25-38(26-30-41)23-24-39-27-28-40-35-36-55(3,4)48(40)37-39/h7-34,37H,5-6,35-36H2,1-4H3/b24-23+. The van der Waals surface area contributed by atoms with Crippen molar-refractivity contribution in [3.8, 4) is 22.3 Å². The molecule has 0 amide bonds.